The van der Waals surface area contributed by atoms with Crippen LogP contribution in [0.25, 0.3) is 10.2 Å². The normalized spacial score (nSPS) is 23.6. The van der Waals surface area contributed by atoms with Crippen molar-refractivity contribution in [2.75, 3.05) is 12.8 Å². The van der Waals surface area contributed by atoms with Gasteiger partial charge in [-0.1, -0.05) is 23.5 Å². The molecule has 170 valence electrons. The topological polar surface area (TPSA) is 71.5 Å². The van der Waals surface area contributed by atoms with E-state index in [9.17, 15) is 12.8 Å². The number of ether oxygens (including phenoxy) is 1. The number of halogens is 1. The molecule has 0 aliphatic carbocycles. The molecule has 3 heterocycles. The molecule has 9 heteroatoms. The van der Waals surface area contributed by atoms with E-state index in [0.717, 1.165) is 48.9 Å². The van der Waals surface area contributed by atoms with Crippen molar-refractivity contribution in [3.8, 4) is 10.9 Å². The van der Waals surface area contributed by atoms with Crippen molar-refractivity contribution >= 4 is 31.6 Å². The SMILES string of the molecule is CS(=O)(=O)NC1C[C@H]2CC[C@@H](C1)N2CCc1ccc(Oc2nc3ccc(F)cc3s2)cc1. The molecule has 1 aromatic heterocycles. The molecule has 2 aromatic carbocycles. The van der Waals surface area contributed by atoms with Crippen molar-refractivity contribution < 1.29 is 17.5 Å². The molecule has 32 heavy (non-hydrogen) atoms. The molecule has 3 atom stereocenters. The average Bonchev–Trinajstić information content (AvgIpc) is 3.22. The molecule has 2 aliphatic rings. The van der Waals surface area contributed by atoms with E-state index in [0.29, 0.717) is 23.0 Å². The Hall–Kier alpha value is -2.07. The summed E-state index contributed by atoms with van der Waals surface area (Å²) in [6.45, 7) is 0.977. The Bertz CT molecular complexity index is 1200. The predicted molar refractivity (Wildman–Crippen MR) is 124 cm³/mol. The molecule has 1 N–H and O–H groups in total. The van der Waals surface area contributed by atoms with Gasteiger partial charge in [0, 0.05) is 24.7 Å². The maximum absolute atomic E-state index is 13.4. The van der Waals surface area contributed by atoms with Crippen LogP contribution >= 0.6 is 11.3 Å². The average molecular weight is 476 g/mol. The fourth-order valence-corrected chi connectivity index (χ4v) is 6.70. The number of thiazole rings is 1. The number of hydrogen-bond acceptors (Lipinski definition) is 6. The Labute approximate surface area is 191 Å². The van der Waals surface area contributed by atoms with E-state index in [1.807, 2.05) is 12.1 Å². The molecule has 0 amide bonds. The number of aromatic nitrogens is 1. The third kappa shape index (κ3) is 4.96. The molecular formula is C23H26FN3O3S2. The van der Waals surface area contributed by atoms with E-state index in [2.05, 4.69) is 26.7 Å². The molecule has 0 spiro atoms. The van der Waals surface area contributed by atoms with E-state index in [-0.39, 0.29) is 11.9 Å². The molecule has 2 saturated heterocycles. The summed E-state index contributed by atoms with van der Waals surface area (Å²) in [5.41, 5.74) is 1.97. The van der Waals surface area contributed by atoms with E-state index in [4.69, 9.17) is 4.74 Å². The van der Waals surface area contributed by atoms with Gasteiger partial charge in [0.1, 0.15) is 11.6 Å². The van der Waals surface area contributed by atoms with Crippen LogP contribution in [0.2, 0.25) is 0 Å². The first kappa shape index (κ1) is 21.8. The summed E-state index contributed by atoms with van der Waals surface area (Å²) in [4.78, 5) is 6.96. The molecule has 5 rings (SSSR count). The first-order chi connectivity index (χ1) is 15.3. The van der Waals surface area contributed by atoms with Gasteiger partial charge in [-0.25, -0.2) is 22.5 Å². The van der Waals surface area contributed by atoms with Gasteiger partial charge in [-0.15, -0.1) is 0 Å². The monoisotopic (exact) mass is 475 g/mol. The fourth-order valence-electron chi connectivity index (χ4n) is 5.04. The van der Waals surface area contributed by atoms with Crippen molar-refractivity contribution in [1.82, 2.24) is 14.6 Å². The summed E-state index contributed by atoms with van der Waals surface area (Å²) in [7, 11) is -3.15. The minimum atomic E-state index is -3.15. The molecule has 2 bridgehead atoms. The number of hydrogen-bond donors (Lipinski definition) is 1. The number of nitrogens with zero attached hydrogens (tertiary/aromatic N) is 2. The van der Waals surface area contributed by atoms with E-state index in [1.165, 1.54) is 35.3 Å². The van der Waals surface area contributed by atoms with Crippen molar-refractivity contribution in [2.45, 2.75) is 50.2 Å². The van der Waals surface area contributed by atoms with Crippen molar-refractivity contribution in [1.29, 1.82) is 0 Å². The summed E-state index contributed by atoms with van der Waals surface area (Å²) in [6.07, 6.45) is 6.25. The quantitative estimate of drug-likeness (QED) is 0.551. The van der Waals surface area contributed by atoms with E-state index >= 15 is 0 Å². The summed E-state index contributed by atoms with van der Waals surface area (Å²) in [5, 5.41) is 0.500. The van der Waals surface area contributed by atoms with Crippen LogP contribution in [0.15, 0.2) is 42.5 Å². The van der Waals surface area contributed by atoms with Gasteiger partial charge < -0.3 is 4.74 Å². The van der Waals surface area contributed by atoms with E-state index < -0.39 is 10.0 Å². The van der Waals surface area contributed by atoms with Crippen molar-refractivity contribution in [3.05, 3.63) is 53.8 Å². The maximum atomic E-state index is 13.4. The number of benzene rings is 2. The smallest absolute Gasteiger partial charge is 0.279 e. The van der Waals surface area contributed by atoms with Crippen LogP contribution < -0.4 is 9.46 Å². The molecule has 3 aromatic rings. The van der Waals surface area contributed by atoms with Gasteiger partial charge in [0.2, 0.25) is 10.0 Å². The third-order valence-electron chi connectivity index (χ3n) is 6.38. The fraction of sp³-hybridized carbons (Fsp3) is 0.435. The zero-order chi connectivity index (χ0) is 22.3. The Morgan fingerprint density at radius 1 is 1.16 bits per heavy atom. The summed E-state index contributed by atoms with van der Waals surface area (Å²) in [5.74, 6) is 0.433. The Morgan fingerprint density at radius 2 is 1.88 bits per heavy atom. The van der Waals surface area contributed by atoms with Gasteiger partial charge in [0.15, 0.2) is 0 Å². The second-order valence-electron chi connectivity index (χ2n) is 8.77. The van der Waals surface area contributed by atoms with Crippen LogP contribution in [0.1, 0.15) is 31.2 Å². The standard InChI is InChI=1S/C23H26FN3O3S2/c1-32(28,29)26-17-13-18-5-6-19(14-17)27(18)11-10-15-2-7-20(8-3-15)30-23-25-21-9-4-16(24)12-22(21)31-23/h2-4,7-9,12,17-19,26H,5-6,10-11,13-14H2,1H3/t17?,18-,19+. The molecule has 0 radical (unpaired) electrons. The van der Waals surface area contributed by atoms with Gasteiger partial charge >= 0.3 is 0 Å². The lowest BCUT2D eigenvalue weighted by Gasteiger charge is -2.39. The highest BCUT2D eigenvalue weighted by Gasteiger charge is 2.40. The predicted octanol–water partition coefficient (Wildman–Crippen LogP) is 4.31. The second kappa shape index (κ2) is 8.70. The first-order valence-corrected chi connectivity index (χ1v) is 13.6. The van der Waals surface area contributed by atoms with Crippen LogP contribution in [0, 0.1) is 5.82 Å². The van der Waals surface area contributed by atoms with Gasteiger partial charge in [-0.2, -0.15) is 0 Å². The maximum Gasteiger partial charge on any atom is 0.279 e. The largest absolute Gasteiger partial charge is 0.431 e. The van der Waals surface area contributed by atoms with Gasteiger partial charge in [0.05, 0.1) is 16.5 Å². The molecular weight excluding hydrogens is 449 g/mol. The Balaban J connectivity index is 1.17. The van der Waals surface area contributed by atoms with Crippen LogP contribution in [-0.2, 0) is 16.4 Å². The number of rotatable bonds is 7. The van der Waals surface area contributed by atoms with Crippen LogP contribution in [0.4, 0.5) is 4.39 Å². The van der Waals surface area contributed by atoms with Crippen LogP contribution in [0.5, 0.6) is 10.9 Å². The highest BCUT2D eigenvalue weighted by atomic mass is 32.2. The van der Waals surface area contributed by atoms with Crippen molar-refractivity contribution in [3.63, 3.8) is 0 Å². The Kier molecular flexibility index (Phi) is 5.92. The lowest BCUT2D eigenvalue weighted by molar-refractivity contribution is 0.125. The highest BCUT2D eigenvalue weighted by Crippen LogP contribution is 2.36. The number of sulfonamides is 1. The molecule has 6 nitrogen and oxygen atoms in total. The minimum Gasteiger partial charge on any atom is -0.431 e. The molecule has 1 unspecified atom stereocenters. The zero-order valence-corrected chi connectivity index (χ0v) is 19.5. The van der Waals surface area contributed by atoms with Gasteiger partial charge in [-0.05, 0) is 68.0 Å². The lowest BCUT2D eigenvalue weighted by atomic mass is 9.97. The highest BCUT2D eigenvalue weighted by molar-refractivity contribution is 7.88. The van der Waals surface area contributed by atoms with E-state index in [1.54, 1.807) is 6.07 Å². The lowest BCUT2D eigenvalue weighted by Crippen LogP contribution is -2.50. The number of piperidine rings is 1. The van der Waals surface area contributed by atoms with Gasteiger partial charge in [-0.3, -0.25) is 4.90 Å². The summed E-state index contributed by atoms with van der Waals surface area (Å²) < 4.78 is 45.9. The zero-order valence-electron chi connectivity index (χ0n) is 17.8. The third-order valence-corrected chi connectivity index (χ3v) is 8.04. The van der Waals surface area contributed by atoms with Crippen LogP contribution in [0.3, 0.4) is 0 Å². The summed E-state index contributed by atoms with van der Waals surface area (Å²) >= 11 is 1.33. The molecule has 0 saturated carbocycles. The molecule has 2 aliphatic heterocycles. The number of fused-ring (bicyclic) bond motifs is 3. The second-order valence-corrected chi connectivity index (χ2v) is 11.5. The molecule has 2 fully saturated rings. The van der Waals surface area contributed by atoms with Crippen LogP contribution in [-0.4, -0.2) is 49.2 Å². The minimum absolute atomic E-state index is 0.0641. The Morgan fingerprint density at radius 3 is 2.56 bits per heavy atom. The first-order valence-electron chi connectivity index (χ1n) is 10.9. The van der Waals surface area contributed by atoms with Crippen molar-refractivity contribution in [2.24, 2.45) is 0 Å². The van der Waals surface area contributed by atoms with Gasteiger partial charge in [0.25, 0.3) is 5.19 Å². The number of nitrogens with one attached hydrogen (secondary N) is 1. The summed E-state index contributed by atoms with van der Waals surface area (Å²) in [6, 6.07) is 13.5.